The molecule has 0 saturated heterocycles. The molecule has 0 spiro atoms. The number of phosphoric acid groups is 1. The topological polar surface area (TPSA) is 128 Å². The second-order valence-corrected chi connectivity index (χ2v) is 16.9. The van der Waals surface area contributed by atoms with Crippen LogP contribution in [0, 0.1) is 0 Å². The maximum atomic E-state index is 12.8. The monoisotopic (exact) mass is 781 g/mol. The fourth-order valence-corrected chi connectivity index (χ4v) is 6.26. The molecular weight excluding hydrogens is 699 g/mol. The quantitative estimate of drug-likeness (QED) is 0.0248. The number of carbonyl (C=O) groups is 1. The molecule has 0 aliphatic rings. The van der Waals surface area contributed by atoms with Gasteiger partial charge in [-0.25, -0.2) is 0 Å². The number of nitrogens with zero attached hydrogens (tertiary/aromatic N) is 1. The summed E-state index contributed by atoms with van der Waals surface area (Å²) in [5.41, 5.74) is 0. The molecule has 314 valence electrons. The van der Waals surface area contributed by atoms with E-state index in [1.54, 1.807) is 6.08 Å². The van der Waals surface area contributed by atoms with Crippen molar-refractivity contribution < 1.29 is 38.0 Å². The van der Waals surface area contributed by atoms with Crippen LogP contribution in [0.5, 0.6) is 0 Å². The molecule has 0 rings (SSSR count). The average Bonchev–Trinajstić information content (AvgIpc) is 3.12. The van der Waals surface area contributed by atoms with Gasteiger partial charge in [0.1, 0.15) is 13.2 Å². The molecule has 0 aromatic rings. The van der Waals surface area contributed by atoms with Crippen LogP contribution in [0.25, 0.3) is 0 Å². The third-order valence-electron chi connectivity index (χ3n) is 9.14. The number of phosphoric ester groups is 1. The summed E-state index contributed by atoms with van der Waals surface area (Å²) in [4.78, 5) is 25.2. The van der Waals surface area contributed by atoms with E-state index < -0.39 is 26.6 Å². The second kappa shape index (κ2) is 35.6. The van der Waals surface area contributed by atoms with Gasteiger partial charge in [-0.2, -0.15) is 0 Å². The lowest BCUT2D eigenvalue weighted by atomic mass is 10.0. The number of carbonyl (C=O) groups excluding carboxylic acids is 1. The van der Waals surface area contributed by atoms with Gasteiger partial charge in [0.15, 0.2) is 0 Å². The fraction of sp³-hybridized carbons (Fsp3) is 0.750. The van der Waals surface area contributed by atoms with Crippen molar-refractivity contribution >= 4 is 13.7 Å². The van der Waals surface area contributed by atoms with Gasteiger partial charge >= 0.3 is 0 Å². The van der Waals surface area contributed by atoms with Crippen molar-refractivity contribution in [2.24, 2.45) is 0 Å². The molecule has 0 heterocycles. The zero-order valence-corrected chi connectivity index (χ0v) is 35.9. The van der Waals surface area contributed by atoms with E-state index in [2.05, 4.69) is 60.8 Å². The Morgan fingerprint density at radius 3 is 1.74 bits per heavy atom. The summed E-state index contributed by atoms with van der Waals surface area (Å²) in [5, 5.41) is 23.3. The summed E-state index contributed by atoms with van der Waals surface area (Å²) in [5.74, 6) is -0.267. The van der Waals surface area contributed by atoms with Crippen LogP contribution in [0.4, 0.5) is 0 Å². The minimum Gasteiger partial charge on any atom is -0.756 e. The van der Waals surface area contributed by atoms with E-state index in [9.17, 15) is 24.5 Å². The first kappa shape index (κ1) is 52.2. The van der Waals surface area contributed by atoms with Crippen molar-refractivity contribution in [3.05, 3.63) is 60.8 Å². The largest absolute Gasteiger partial charge is 0.756 e. The third-order valence-corrected chi connectivity index (χ3v) is 10.1. The van der Waals surface area contributed by atoms with Gasteiger partial charge in [-0.1, -0.05) is 145 Å². The highest BCUT2D eigenvalue weighted by Crippen LogP contribution is 2.38. The van der Waals surface area contributed by atoms with E-state index in [0.29, 0.717) is 17.4 Å². The molecule has 0 aromatic carbocycles. The molecule has 1 amide bonds. The number of hydrogen-bond acceptors (Lipinski definition) is 7. The van der Waals surface area contributed by atoms with Crippen molar-refractivity contribution in [3.63, 3.8) is 0 Å². The standard InChI is InChI=1S/C44H81N2O7P/c1-6-8-9-10-11-12-13-14-18-21-24-27-30-33-36-43(48)42(40-53-54(50,51)52-39-38-46(3,4)5)45-44(49)37-34-31-28-25-22-19-16-15-17-20-23-26-29-32-35-41(47)7-2/h16-17,19-20,25-26,28-29,33,36,41-43,47-48H,6-15,18,21-24,27,30-32,34-35,37-40H2,1-5H3,(H-,45,49,50,51)/b19-16-,20-17-,28-25-,29-26-,36-33+/t41-,42+,43-/m1/s1. The van der Waals surface area contributed by atoms with Crippen molar-refractivity contribution in [2.45, 2.75) is 173 Å². The summed E-state index contributed by atoms with van der Waals surface area (Å²) < 4.78 is 23.1. The predicted octanol–water partition coefficient (Wildman–Crippen LogP) is 9.80. The van der Waals surface area contributed by atoms with Crippen molar-refractivity contribution in [1.29, 1.82) is 0 Å². The predicted molar refractivity (Wildman–Crippen MR) is 225 cm³/mol. The number of quaternary nitrogens is 1. The lowest BCUT2D eigenvalue weighted by Gasteiger charge is -2.29. The van der Waals surface area contributed by atoms with Gasteiger partial charge in [0.05, 0.1) is 46.0 Å². The number of aliphatic hydroxyl groups excluding tert-OH is 2. The van der Waals surface area contributed by atoms with Crippen molar-refractivity contribution in [1.82, 2.24) is 5.32 Å². The van der Waals surface area contributed by atoms with Crippen molar-refractivity contribution in [3.8, 4) is 0 Å². The number of nitrogens with one attached hydrogen (secondary N) is 1. The Balaban J connectivity index is 4.59. The first-order valence-corrected chi connectivity index (χ1v) is 22.7. The number of allylic oxidation sites excluding steroid dienone is 9. The highest BCUT2D eigenvalue weighted by atomic mass is 31.2. The maximum Gasteiger partial charge on any atom is 0.268 e. The smallest absolute Gasteiger partial charge is 0.268 e. The summed E-state index contributed by atoms with van der Waals surface area (Å²) in [7, 11) is 1.19. The first-order chi connectivity index (χ1) is 25.9. The fourth-order valence-electron chi connectivity index (χ4n) is 5.53. The molecule has 0 fully saturated rings. The molecule has 0 radical (unpaired) electrons. The van der Waals surface area contributed by atoms with Crippen LogP contribution in [-0.4, -0.2) is 79.8 Å². The highest BCUT2D eigenvalue weighted by molar-refractivity contribution is 7.45. The Hall–Kier alpha value is -1.84. The van der Waals surface area contributed by atoms with Gasteiger partial charge in [-0.3, -0.25) is 9.36 Å². The molecule has 0 saturated carbocycles. The van der Waals surface area contributed by atoms with Gasteiger partial charge in [0.25, 0.3) is 7.82 Å². The van der Waals surface area contributed by atoms with Gasteiger partial charge in [0.2, 0.25) is 5.91 Å². The molecule has 3 N–H and O–H groups in total. The minimum atomic E-state index is -4.61. The van der Waals surface area contributed by atoms with Gasteiger partial charge in [-0.15, -0.1) is 0 Å². The number of hydrogen-bond donors (Lipinski definition) is 3. The Morgan fingerprint density at radius 2 is 1.20 bits per heavy atom. The molecular formula is C44H81N2O7P. The Bertz CT molecular complexity index is 1080. The third kappa shape index (κ3) is 37.1. The molecule has 9 nitrogen and oxygen atoms in total. The van der Waals surface area contributed by atoms with Crippen LogP contribution in [0.15, 0.2) is 60.8 Å². The molecule has 4 atom stereocenters. The van der Waals surface area contributed by atoms with Crippen molar-refractivity contribution in [2.75, 3.05) is 40.9 Å². The van der Waals surface area contributed by atoms with E-state index in [1.807, 2.05) is 34.1 Å². The van der Waals surface area contributed by atoms with E-state index in [4.69, 9.17) is 9.05 Å². The SMILES string of the molecule is CCCCCCCCCCCCCC/C=C/[C@@H](O)[C@H](COP(=O)([O-])OCC[N+](C)(C)C)NC(=O)CCC/C=C\C/C=C\C/C=C\C/C=C\CC[C@H](O)CC. The van der Waals surface area contributed by atoms with Crippen LogP contribution in [-0.2, 0) is 18.4 Å². The maximum absolute atomic E-state index is 12.8. The number of unbranched alkanes of at least 4 members (excludes halogenated alkanes) is 13. The number of amides is 1. The molecule has 54 heavy (non-hydrogen) atoms. The van der Waals surface area contributed by atoms with Crippen LogP contribution in [0.3, 0.4) is 0 Å². The number of aliphatic hydroxyl groups is 2. The number of rotatable bonds is 37. The normalized spacial score (nSPS) is 15.6. The van der Waals surface area contributed by atoms with E-state index in [1.165, 1.54) is 64.2 Å². The molecule has 0 aliphatic heterocycles. The first-order valence-electron chi connectivity index (χ1n) is 21.2. The Labute approximate surface area is 331 Å². The number of likely N-dealkylation sites (N-methyl/N-ethyl adjacent to an activating group) is 1. The van der Waals surface area contributed by atoms with E-state index in [0.717, 1.165) is 64.2 Å². The minimum absolute atomic E-state index is 0.0200. The van der Waals surface area contributed by atoms with E-state index >= 15 is 0 Å². The molecule has 1 unspecified atom stereocenters. The van der Waals surface area contributed by atoms with Crippen LogP contribution < -0.4 is 10.2 Å². The lowest BCUT2D eigenvalue weighted by Crippen LogP contribution is -2.45. The van der Waals surface area contributed by atoms with Gasteiger partial charge in [-0.05, 0) is 64.2 Å². The molecule has 0 aromatic heterocycles. The average molecular weight is 781 g/mol. The zero-order chi connectivity index (χ0) is 40.2. The van der Waals surface area contributed by atoms with E-state index in [-0.39, 0.29) is 25.0 Å². The summed E-state index contributed by atoms with van der Waals surface area (Å²) in [6.07, 6.45) is 42.1. The summed E-state index contributed by atoms with van der Waals surface area (Å²) in [6, 6.07) is -0.925. The molecule has 0 aliphatic carbocycles. The highest BCUT2D eigenvalue weighted by Gasteiger charge is 2.23. The van der Waals surface area contributed by atoms with Crippen LogP contribution >= 0.6 is 7.82 Å². The Kier molecular flexibility index (Phi) is 34.4. The summed E-state index contributed by atoms with van der Waals surface area (Å²) in [6.45, 7) is 4.29. The zero-order valence-electron chi connectivity index (χ0n) is 35.0. The summed E-state index contributed by atoms with van der Waals surface area (Å²) >= 11 is 0. The molecule has 10 heteroatoms. The Morgan fingerprint density at radius 1 is 0.704 bits per heavy atom. The lowest BCUT2D eigenvalue weighted by molar-refractivity contribution is -0.870. The van der Waals surface area contributed by atoms with Crippen LogP contribution in [0.2, 0.25) is 0 Å². The van der Waals surface area contributed by atoms with Crippen LogP contribution in [0.1, 0.15) is 155 Å². The molecule has 0 bridgehead atoms. The van der Waals surface area contributed by atoms with Gasteiger partial charge in [0, 0.05) is 6.42 Å². The second-order valence-electron chi connectivity index (χ2n) is 15.5. The van der Waals surface area contributed by atoms with Gasteiger partial charge < -0.3 is 34.0 Å².